The van der Waals surface area contributed by atoms with Crippen molar-refractivity contribution in [1.82, 2.24) is 29.9 Å². The number of aromatic nitrogens is 6. The summed E-state index contributed by atoms with van der Waals surface area (Å²) in [5, 5.41) is 16.1. The number of H-pyrrole nitrogens is 1. The predicted octanol–water partition coefficient (Wildman–Crippen LogP) is 4.07. The maximum Gasteiger partial charge on any atom is 0.178 e. The van der Waals surface area contributed by atoms with Crippen molar-refractivity contribution in [3.8, 4) is 0 Å². The summed E-state index contributed by atoms with van der Waals surface area (Å²) in [7, 11) is 0. The zero-order valence-electron chi connectivity index (χ0n) is 13.3. The molecule has 0 aromatic carbocycles. The first-order chi connectivity index (χ1) is 11.7. The molecule has 0 aliphatic rings. The smallest absolute Gasteiger partial charge is 0.178 e. The molecule has 2 N–H and O–H groups in total. The molecule has 1 unspecified atom stereocenters. The van der Waals surface area contributed by atoms with Gasteiger partial charge in [-0.3, -0.25) is 10.1 Å². The lowest BCUT2D eigenvalue weighted by molar-refractivity contribution is 0.490. The van der Waals surface area contributed by atoms with Crippen molar-refractivity contribution in [3.63, 3.8) is 0 Å². The average Bonchev–Trinajstić information content (AvgIpc) is 3.16. The van der Waals surface area contributed by atoms with Crippen molar-refractivity contribution in [3.05, 3.63) is 35.7 Å². The molecule has 0 aliphatic heterocycles. The fourth-order valence-corrected chi connectivity index (χ4v) is 2.83. The summed E-state index contributed by atoms with van der Waals surface area (Å²) in [5.41, 5.74) is 3.22. The van der Waals surface area contributed by atoms with E-state index in [9.17, 15) is 0 Å². The number of hydrogen-bond acceptors (Lipinski definition) is 5. The van der Waals surface area contributed by atoms with Crippen LogP contribution in [0.4, 0.5) is 11.5 Å². The van der Waals surface area contributed by atoms with Gasteiger partial charge in [-0.25, -0.2) is 9.67 Å². The van der Waals surface area contributed by atoms with Gasteiger partial charge >= 0.3 is 0 Å². The number of pyridine rings is 2. The van der Waals surface area contributed by atoms with Crippen molar-refractivity contribution in [2.75, 3.05) is 5.32 Å². The molecular weight excluding hydrogens is 326 g/mol. The van der Waals surface area contributed by atoms with E-state index in [0.717, 1.165) is 34.2 Å². The van der Waals surface area contributed by atoms with Crippen molar-refractivity contribution in [2.45, 2.75) is 26.3 Å². The number of fused-ring (bicyclic) bond motifs is 2. The Balaban J connectivity index is 1.74. The quantitative estimate of drug-likeness (QED) is 0.584. The summed E-state index contributed by atoms with van der Waals surface area (Å²) in [6, 6.07) is 5.96. The van der Waals surface area contributed by atoms with Gasteiger partial charge in [0, 0.05) is 6.20 Å². The fraction of sp³-hybridized carbons (Fsp3) is 0.250. The van der Waals surface area contributed by atoms with Crippen LogP contribution in [-0.4, -0.2) is 29.9 Å². The van der Waals surface area contributed by atoms with E-state index >= 15 is 0 Å². The van der Waals surface area contributed by atoms with Gasteiger partial charge in [0.25, 0.3) is 0 Å². The third-order valence-corrected chi connectivity index (χ3v) is 4.37. The van der Waals surface area contributed by atoms with Crippen molar-refractivity contribution in [1.29, 1.82) is 0 Å². The van der Waals surface area contributed by atoms with E-state index in [1.165, 1.54) is 0 Å². The van der Waals surface area contributed by atoms with E-state index in [2.05, 4.69) is 44.4 Å². The van der Waals surface area contributed by atoms with E-state index < -0.39 is 0 Å². The van der Waals surface area contributed by atoms with Crippen LogP contribution in [0.1, 0.15) is 26.3 Å². The summed E-state index contributed by atoms with van der Waals surface area (Å²) in [6.07, 6.45) is 4.44. The molecule has 0 saturated heterocycles. The van der Waals surface area contributed by atoms with Crippen LogP contribution in [0.15, 0.2) is 30.6 Å². The molecule has 122 valence electrons. The third kappa shape index (κ3) is 2.37. The monoisotopic (exact) mass is 341 g/mol. The molecular formula is C16H16ClN7. The lowest BCUT2D eigenvalue weighted by Crippen LogP contribution is -2.06. The van der Waals surface area contributed by atoms with Crippen molar-refractivity contribution in [2.24, 2.45) is 0 Å². The highest BCUT2D eigenvalue weighted by Gasteiger charge is 2.15. The highest BCUT2D eigenvalue weighted by atomic mass is 35.5. The van der Waals surface area contributed by atoms with E-state index in [4.69, 9.17) is 11.6 Å². The first-order valence-electron chi connectivity index (χ1n) is 7.77. The van der Waals surface area contributed by atoms with E-state index in [1.54, 1.807) is 12.4 Å². The first-order valence-corrected chi connectivity index (χ1v) is 8.15. The molecule has 0 radical (unpaired) electrons. The van der Waals surface area contributed by atoms with Crippen LogP contribution in [0.5, 0.6) is 0 Å². The Morgan fingerprint density at radius 3 is 3.08 bits per heavy atom. The number of aromatic amines is 1. The molecule has 0 bridgehead atoms. The second-order valence-corrected chi connectivity index (χ2v) is 6.04. The predicted molar refractivity (Wildman–Crippen MR) is 94.7 cm³/mol. The molecule has 8 heteroatoms. The Bertz CT molecular complexity index is 1020. The molecule has 0 amide bonds. The lowest BCUT2D eigenvalue weighted by Gasteiger charge is -2.09. The Kier molecular flexibility index (Phi) is 3.57. The molecule has 4 rings (SSSR count). The zero-order chi connectivity index (χ0) is 16.7. The van der Waals surface area contributed by atoms with Crippen LogP contribution >= 0.6 is 11.6 Å². The van der Waals surface area contributed by atoms with Gasteiger partial charge in [0.1, 0.15) is 5.52 Å². The molecule has 1 atom stereocenters. The number of anilines is 2. The standard InChI is InChI=1S/C16H16ClN7/c1-3-9(2)24-16-11(14(17)23-24)7-10(8-19-16)20-15-13-12(21-22-15)5-4-6-18-13/h4-9H,3H2,1-2H3,(H2,20,21,22). The molecule has 24 heavy (non-hydrogen) atoms. The molecule has 0 fully saturated rings. The highest BCUT2D eigenvalue weighted by molar-refractivity contribution is 6.34. The van der Waals surface area contributed by atoms with Crippen molar-refractivity contribution < 1.29 is 0 Å². The van der Waals surface area contributed by atoms with Gasteiger partial charge in [-0.05, 0) is 31.5 Å². The Morgan fingerprint density at radius 1 is 1.38 bits per heavy atom. The highest BCUT2D eigenvalue weighted by Crippen LogP contribution is 2.29. The number of rotatable bonds is 4. The molecule has 0 saturated carbocycles. The lowest BCUT2D eigenvalue weighted by atomic mass is 10.2. The minimum Gasteiger partial charge on any atom is -0.336 e. The Labute approximate surface area is 143 Å². The van der Waals surface area contributed by atoms with E-state index in [0.29, 0.717) is 11.0 Å². The Morgan fingerprint density at radius 2 is 2.25 bits per heavy atom. The second-order valence-electron chi connectivity index (χ2n) is 5.68. The fourth-order valence-electron chi connectivity index (χ4n) is 2.61. The number of hydrogen-bond donors (Lipinski definition) is 2. The molecule has 4 aromatic heterocycles. The minimum absolute atomic E-state index is 0.241. The Hall–Kier alpha value is -2.67. The first kappa shape index (κ1) is 14.9. The molecule has 0 spiro atoms. The summed E-state index contributed by atoms with van der Waals surface area (Å²) in [4.78, 5) is 8.86. The topological polar surface area (TPSA) is 84.3 Å². The van der Waals surface area contributed by atoms with Gasteiger partial charge in [-0.1, -0.05) is 18.5 Å². The number of halogens is 1. The van der Waals surface area contributed by atoms with Gasteiger partial charge in [0.2, 0.25) is 0 Å². The van der Waals surface area contributed by atoms with E-state index in [1.807, 2.05) is 22.9 Å². The summed E-state index contributed by atoms with van der Waals surface area (Å²) >= 11 is 6.29. The largest absolute Gasteiger partial charge is 0.336 e. The number of nitrogens with zero attached hydrogens (tertiary/aromatic N) is 5. The van der Waals surface area contributed by atoms with Crippen LogP contribution < -0.4 is 5.32 Å². The second kappa shape index (κ2) is 5.76. The van der Waals surface area contributed by atoms with Gasteiger partial charge in [-0.15, -0.1) is 0 Å². The zero-order valence-corrected chi connectivity index (χ0v) is 14.0. The summed E-state index contributed by atoms with van der Waals surface area (Å²) in [5.74, 6) is 0.650. The summed E-state index contributed by atoms with van der Waals surface area (Å²) < 4.78 is 1.87. The van der Waals surface area contributed by atoms with Gasteiger partial charge < -0.3 is 5.32 Å². The average molecular weight is 342 g/mol. The van der Waals surface area contributed by atoms with Crippen LogP contribution in [0.3, 0.4) is 0 Å². The molecule has 4 heterocycles. The number of nitrogens with one attached hydrogen (secondary N) is 2. The van der Waals surface area contributed by atoms with Crippen LogP contribution in [0, 0.1) is 0 Å². The van der Waals surface area contributed by atoms with E-state index in [-0.39, 0.29) is 6.04 Å². The van der Waals surface area contributed by atoms with Crippen LogP contribution in [0.25, 0.3) is 22.1 Å². The summed E-state index contributed by atoms with van der Waals surface area (Å²) in [6.45, 7) is 4.20. The molecule has 0 aliphatic carbocycles. The van der Waals surface area contributed by atoms with Crippen LogP contribution in [0.2, 0.25) is 5.15 Å². The van der Waals surface area contributed by atoms with Gasteiger partial charge in [0.15, 0.2) is 16.6 Å². The van der Waals surface area contributed by atoms with Crippen molar-refractivity contribution >= 4 is 45.2 Å². The van der Waals surface area contributed by atoms with Gasteiger partial charge in [0.05, 0.1) is 28.8 Å². The molecule has 4 aromatic rings. The normalized spacial score (nSPS) is 12.8. The SMILES string of the molecule is CCC(C)n1nc(Cl)c2cc(Nc3n[nH]c4cccnc34)cnc21. The van der Waals surface area contributed by atoms with Gasteiger partial charge in [-0.2, -0.15) is 10.2 Å². The maximum atomic E-state index is 6.29. The minimum atomic E-state index is 0.241. The molecule has 7 nitrogen and oxygen atoms in total. The third-order valence-electron chi connectivity index (χ3n) is 4.09. The van der Waals surface area contributed by atoms with Crippen LogP contribution in [-0.2, 0) is 0 Å². The maximum absolute atomic E-state index is 6.29.